The molecule has 2 aliphatic heterocycles. The van der Waals surface area contributed by atoms with Gasteiger partial charge in [0.1, 0.15) is 11.6 Å². The van der Waals surface area contributed by atoms with E-state index in [-0.39, 0.29) is 0 Å². The number of nitrogens with zero attached hydrogens (tertiary/aromatic N) is 4. The zero-order valence-corrected chi connectivity index (χ0v) is 21.2. The largest absolute Gasteiger partial charge is 0.496 e. The second-order valence-corrected chi connectivity index (χ2v) is 8.74. The van der Waals surface area contributed by atoms with E-state index >= 15 is 0 Å². The van der Waals surface area contributed by atoms with Gasteiger partial charge in [0.2, 0.25) is 0 Å². The summed E-state index contributed by atoms with van der Waals surface area (Å²) in [6.07, 6.45) is 3.85. The van der Waals surface area contributed by atoms with E-state index in [0.29, 0.717) is 10.0 Å². The molecule has 8 nitrogen and oxygen atoms in total. The molecule has 0 aromatic heterocycles. The number of fused-ring (bicyclic) bond motifs is 1. The van der Waals surface area contributed by atoms with Crippen molar-refractivity contribution >= 4 is 40.4 Å². The molecular weight excluding hydrogens is 473 g/mol. The number of methoxy groups -OCH3 is 1. The number of amidine groups is 1. The molecule has 2 aliphatic rings. The second-order valence-electron chi connectivity index (χ2n) is 7.93. The molecule has 2 heterocycles. The zero-order valence-electron chi connectivity index (χ0n) is 19.7. The predicted molar refractivity (Wildman–Crippen MR) is 139 cm³/mol. The van der Waals surface area contributed by atoms with Crippen LogP contribution in [-0.2, 0) is 6.54 Å². The Morgan fingerprint density at radius 3 is 2.53 bits per heavy atom. The Bertz CT molecular complexity index is 1140. The van der Waals surface area contributed by atoms with Crippen LogP contribution in [0.5, 0.6) is 5.75 Å². The quantitative estimate of drug-likeness (QED) is 0.445. The van der Waals surface area contributed by atoms with Crippen LogP contribution in [-0.4, -0.2) is 41.1 Å². The second kappa shape index (κ2) is 10.6. The number of nitrogens with one attached hydrogen (secondary N) is 3. The lowest BCUT2D eigenvalue weighted by Gasteiger charge is -2.27. The van der Waals surface area contributed by atoms with Gasteiger partial charge >= 0.3 is 0 Å². The van der Waals surface area contributed by atoms with E-state index in [0.717, 1.165) is 59.7 Å². The highest BCUT2D eigenvalue weighted by Crippen LogP contribution is 2.28. The molecule has 0 radical (unpaired) electrons. The van der Waals surface area contributed by atoms with E-state index in [1.54, 1.807) is 24.4 Å². The Labute approximate surface area is 210 Å². The molecule has 3 N–H and O–H groups in total. The Hall–Kier alpha value is -2.91. The van der Waals surface area contributed by atoms with Gasteiger partial charge in [0.05, 0.1) is 29.0 Å². The lowest BCUT2D eigenvalue weighted by atomic mass is 10.1. The molecule has 0 bridgehead atoms. The maximum atomic E-state index is 6.13. The van der Waals surface area contributed by atoms with Crippen molar-refractivity contribution in [2.45, 2.75) is 27.3 Å². The number of aliphatic imine (C=N–C) groups is 1. The predicted octanol–water partition coefficient (Wildman–Crippen LogP) is 5.43. The van der Waals surface area contributed by atoms with Crippen LogP contribution in [0.3, 0.4) is 0 Å². The Morgan fingerprint density at radius 1 is 1.06 bits per heavy atom. The minimum atomic E-state index is 0.483. The van der Waals surface area contributed by atoms with Crippen molar-refractivity contribution in [1.82, 2.24) is 20.6 Å². The van der Waals surface area contributed by atoms with Gasteiger partial charge in [0.15, 0.2) is 5.82 Å². The summed E-state index contributed by atoms with van der Waals surface area (Å²) in [4.78, 5) is 7.12. The lowest BCUT2D eigenvalue weighted by Crippen LogP contribution is -2.43. The summed E-state index contributed by atoms with van der Waals surface area (Å²) in [6, 6.07) is 11.5. The molecular formula is C24H29Cl2N7O. The molecule has 180 valence electrons. The van der Waals surface area contributed by atoms with Crippen LogP contribution in [0, 0.1) is 0 Å². The first-order valence-corrected chi connectivity index (χ1v) is 11.9. The number of halogens is 2. The Morgan fingerprint density at radius 2 is 1.82 bits per heavy atom. The number of rotatable bonds is 8. The fourth-order valence-corrected chi connectivity index (χ4v) is 4.06. The molecule has 34 heavy (non-hydrogen) atoms. The summed E-state index contributed by atoms with van der Waals surface area (Å²) in [7, 11) is 1.71. The first-order chi connectivity index (χ1) is 16.4. The first kappa shape index (κ1) is 24.2. The minimum Gasteiger partial charge on any atom is -0.496 e. The average Bonchev–Trinajstić information content (AvgIpc) is 3.23. The van der Waals surface area contributed by atoms with E-state index in [1.165, 1.54) is 0 Å². The van der Waals surface area contributed by atoms with Crippen molar-refractivity contribution in [2.75, 3.05) is 30.9 Å². The maximum Gasteiger partial charge on any atom is 0.170 e. The van der Waals surface area contributed by atoms with Gasteiger partial charge in [0.25, 0.3) is 0 Å². The maximum absolute atomic E-state index is 6.13. The third kappa shape index (κ3) is 5.42. The van der Waals surface area contributed by atoms with Gasteiger partial charge in [-0.05, 0) is 56.4 Å². The van der Waals surface area contributed by atoms with Gasteiger partial charge in [-0.1, -0.05) is 37.0 Å². The summed E-state index contributed by atoms with van der Waals surface area (Å²) < 4.78 is 5.58. The third-order valence-electron chi connectivity index (χ3n) is 5.63. The molecule has 0 spiro atoms. The van der Waals surface area contributed by atoms with Crippen molar-refractivity contribution in [3.63, 3.8) is 0 Å². The summed E-state index contributed by atoms with van der Waals surface area (Å²) >= 11 is 12.1. The number of allylic oxidation sites excluding steroid dienone is 1. The number of hydrogen-bond donors (Lipinski definition) is 3. The Kier molecular flexibility index (Phi) is 7.53. The topological polar surface area (TPSA) is 67.4 Å². The highest BCUT2D eigenvalue weighted by atomic mass is 35.5. The molecule has 0 atom stereocenters. The third-order valence-corrected chi connectivity index (χ3v) is 6.36. The van der Waals surface area contributed by atoms with Crippen LogP contribution in [0.4, 0.5) is 11.4 Å². The molecule has 4 rings (SSSR count). The van der Waals surface area contributed by atoms with Crippen molar-refractivity contribution in [3.8, 4) is 5.75 Å². The fraction of sp³-hybridized carbons (Fsp3) is 0.292. The SMILES string of the molecule is CCN(CC)Cc1cc(NC2=NC3=CN(Nc4ccc(Cl)c(Cl)c4)NN3C(C)=C2)ccc1OC. The van der Waals surface area contributed by atoms with E-state index in [2.05, 4.69) is 41.1 Å². The standard InChI is InChI=1S/C24H29Cl2N7O/c1-5-31(6-2)14-17-12-18(8-10-22(17)34-4)27-23-11-16(3)33-24(28-23)15-32(30-33)29-19-7-9-20(25)21(26)13-19/h7-13,15,29-30H,5-6,14H2,1-4H3,(H,27,28). The molecule has 0 saturated carbocycles. The number of anilines is 2. The highest BCUT2D eigenvalue weighted by molar-refractivity contribution is 6.42. The first-order valence-electron chi connectivity index (χ1n) is 11.1. The molecule has 0 fully saturated rings. The average molecular weight is 502 g/mol. The van der Waals surface area contributed by atoms with Crippen molar-refractivity contribution in [2.24, 2.45) is 4.99 Å². The molecule has 0 saturated heterocycles. The molecule has 2 aromatic carbocycles. The van der Waals surface area contributed by atoms with Crippen LogP contribution < -0.4 is 21.0 Å². The summed E-state index contributed by atoms with van der Waals surface area (Å²) in [5.41, 5.74) is 10.3. The minimum absolute atomic E-state index is 0.483. The lowest BCUT2D eigenvalue weighted by molar-refractivity contribution is 0.186. The molecule has 0 amide bonds. The molecule has 0 unspecified atom stereocenters. The summed E-state index contributed by atoms with van der Waals surface area (Å²) in [5.74, 6) is 2.37. The van der Waals surface area contributed by atoms with Crippen molar-refractivity contribution in [1.29, 1.82) is 0 Å². The Balaban J connectivity index is 1.50. The number of hydrogen-bond acceptors (Lipinski definition) is 8. The van der Waals surface area contributed by atoms with E-state index < -0.39 is 0 Å². The normalized spacial score (nSPS) is 15.1. The number of hydrazine groups is 3. The van der Waals surface area contributed by atoms with Crippen molar-refractivity contribution in [3.05, 3.63) is 75.8 Å². The molecule has 0 aliphatic carbocycles. The van der Waals surface area contributed by atoms with Gasteiger partial charge in [-0.15, -0.1) is 5.53 Å². The van der Waals surface area contributed by atoms with Gasteiger partial charge in [-0.3, -0.25) is 10.3 Å². The van der Waals surface area contributed by atoms with Crippen LogP contribution in [0.1, 0.15) is 26.3 Å². The van der Waals surface area contributed by atoms with Crippen LogP contribution in [0.15, 0.2) is 65.2 Å². The van der Waals surface area contributed by atoms with Gasteiger partial charge in [0, 0.05) is 29.6 Å². The number of ether oxygens (including phenoxy) is 1. The molecule has 2 aromatic rings. The highest BCUT2D eigenvalue weighted by Gasteiger charge is 2.26. The summed E-state index contributed by atoms with van der Waals surface area (Å²) in [5, 5.41) is 8.03. The summed E-state index contributed by atoms with van der Waals surface area (Å²) in [6.45, 7) is 9.13. The zero-order chi connectivity index (χ0) is 24.2. The smallest absolute Gasteiger partial charge is 0.170 e. The van der Waals surface area contributed by atoms with Gasteiger partial charge in [-0.25, -0.2) is 15.1 Å². The van der Waals surface area contributed by atoms with E-state index in [4.69, 9.17) is 32.9 Å². The van der Waals surface area contributed by atoms with Gasteiger partial charge < -0.3 is 10.1 Å². The van der Waals surface area contributed by atoms with Crippen molar-refractivity contribution < 1.29 is 4.74 Å². The van der Waals surface area contributed by atoms with E-state index in [9.17, 15) is 0 Å². The van der Waals surface area contributed by atoms with Crippen LogP contribution in [0.25, 0.3) is 0 Å². The van der Waals surface area contributed by atoms with Crippen LogP contribution >= 0.6 is 23.2 Å². The van der Waals surface area contributed by atoms with Crippen LogP contribution in [0.2, 0.25) is 10.0 Å². The monoisotopic (exact) mass is 501 g/mol. The van der Waals surface area contributed by atoms with E-state index in [1.807, 2.05) is 42.4 Å². The van der Waals surface area contributed by atoms with Gasteiger partial charge in [-0.2, -0.15) is 0 Å². The fourth-order valence-electron chi connectivity index (χ4n) is 3.76. The molecule has 10 heteroatoms. The number of benzene rings is 2.